The molecule has 0 saturated heterocycles. The first-order chi connectivity index (χ1) is 9.19. The summed E-state index contributed by atoms with van der Waals surface area (Å²) in [4.78, 5) is 11.6. The van der Waals surface area contributed by atoms with Gasteiger partial charge < -0.3 is 10.1 Å². The maximum absolute atomic E-state index is 13.7. The first kappa shape index (κ1) is 11.7. The largest absolute Gasteiger partial charge is 0.494 e. The quantitative estimate of drug-likeness (QED) is 0.890. The summed E-state index contributed by atoms with van der Waals surface area (Å²) in [6.07, 6.45) is 0. The molecule has 98 valence electrons. The van der Waals surface area contributed by atoms with Gasteiger partial charge in [-0.1, -0.05) is 0 Å². The summed E-state index contributed by atoms with van der Waals surface area (Å²) < 4.78 is 20.2. The number of amides is 1. The van der Waals surface area contributed by atoms with Crippen molar-refractivity contribution in [1.82, 2.24) is 15.1 Å². The number of aromatic nitrogens is 2. The van der Waals surface area contributed by atoms with Gasteiger partial charge in [-0.05, 0) is 24.3 Å². The van der Waals surface area contributed by atoms with E-state index in [0.29, 0.717) is 30.0 Å². The Bertz CT molecular complexity index is 651. The smallest absolute Gasteiger partial charge is 0.269 e. The fourth-order valence-corrected chi connectivity index (χ4v) is 2.10. The first-order valence-electron chi connectivity index (χ1n) is 5.89. The van der Waals surface area contributed by atoms with Crippen molar-refractivity contribution in [3.8, 4) is 17.0 Å². The van der Waals surface area contributed by atoms with Crippen LogP contribution in [-0.2, 0) is 6.54 Å². The Morgan fingerprint density at radius 2 is 2.26 bits per heavy atom. The maximum Gasteiger partial charge on any atom is 0.269 e. The molecule has 1 aromatic heterocycles. The Labute approximate surface area is 109 Å². The molecule has 1 N–H and O–H groups in total. The lowest BCUT2D eigenvalue weighted by atomic mass is 10.1. The molecule has 1 aliphatic rings. The summed E-state index contributed by atoms with van der Waals surface area (Å²) in [5.41, 5.74) is 1.69. The Balaban J connectivity index is 2.03. The molecule has 0 radical (unpaired) electrons. The van der Waals surface area contributed by atoms with Crippen LogP contribution in [0.5, 0.6) is 5.75 Å². The molecule has 5 nitrogen and oxygen atoms in total. The van der Waals surface area contributed by atoms with Crippen LogP contribution in [0.1, 0.15) is 10.5 Å². The zero-order valence-corrected chi connectivity index (χ0v) is 10.3. The van der Waals surface area contributed by atoms with Crippen LogP contribution in [0, 0.1) is 5.82 Å². The van der Waals surface area contributed by atoms with E-state index in [9.17, 15) is 9.18 Å². The molecule has 19 heavy (non-hydrogen) atoms. The van der Waals surface area contributed by atoms with E-state index >= 15 is 0 Å². The molecule has 1 aliphatic heterocycles. The molecule has 0 fully saturated rings. The minimum atomic E-state index is -0.449. The van der Waals surface area contributed by atoms with E-state index in [-0.39, 0.29) is 11.7 Å². The van der Waals surface area contributed by atoms with E-state index in [1.54, 1.807) is 22.9 Å². The number of carbonyl (C=O) groups excluding carboxylic acids is 1. The van der Waals surface area contributed by atoms with Gasteiger partial charge in [-0.15, -0.1) is 0 Å². The number of ether oxygens (including phenoxy) is 1. The van der Waals surface area contributed by atoms with Crippen LogP contribution in [-0.4, -0.2) is 29.3 Å². The van der Waals surface area contributed by atoms with E-state index < -0.39 is 5.82 Å². The second-order valence-corrected chi connectivity index (χ2v) is 4.24. The summed E-state index contributed by atoms with van der Waals surface area (Å²) in [5.74, 6) is -0.417. The molecular weight excluding hydrogens is 249 g/mol. The highest BCUT2D eigenvalue weighted by molar-refractivity contribution is 5.94. The monoisotopic (exact) mass is 261 g/mol. The molecule has 0 saturated carbocycles. The van der Waals surface area contributed by atoms with Crippen molar-refractivity contribution >= 4 is 5.91 Å². The van der Waals surface area contributed by atoms with E-state index in [2.05, 4.69) is 10.4 Å². The van der Waals surface area contributed by atoms with Gasteiger partial charge in [0.05, 0.1) is 19.3 Å². The lowest BCUT2D eigenvalue weighted by Gasteiger charge is -2.13. The second kappa shape index (κ2) is 4.38. The standard InChI is InChI=1S/C13H12FN3O2/c1-19-12-3-2-8(6-9(12)14)10-7-11-13(18)15-4-5-17(11)16-10/h2-3,6-7H,4-5H2,1H3,(H,15,18). The molecule has 0 aliphatic carbocycles. The Morgan fingerprint density at radius 3 is 2.95 bits per heavy atom. The highest BCUT2D eigenvalue weighted by atomic mass is 19.1. The van der Waals surface area contributed by atoms with E-state index in [0.717, 1.165) is 0 Å². The lowest BCUT2D eigenvalue weighted by molar-refractivity contribution is 0.0924. The number of hydrogen-bond acceptors (Lipinski definition) is 3. The van der Waals surface area contributed by atoms with Crippen LogP contribution in [0.3, 0.4) is 0 Å². The average molecular weight is 261 g/mol. The van der Waals surface area contributed by atoms with Gasteiger partial charge in [0.2, 0.25) is 0 Å². The summed E-state index contributed by atoms with van der Waals surface area (Å²) in [5, 5.41) is 7.06. The number of nitrogens with one attached hydrogen (secondary N) is 1. The number of fused-ring (bicyclic) bond motifs is 1. The number of nitrogens with zero attached hydrogens (tertiary/aromatic N) is 2. The minimum absolute atomic E-state index is 0.154. The van der Waals surface area contributed by atoms with E-state index in [4.69, 9.17) is 4.74 Å². The summed E-state index contributed by atoms with van der Waals surface area (Å²) in [6.45, 7) is 1.18. The molecule has 1 aromatic carbocycles. The highest BCUT2D eigenvalue weighted by Gasteiger charge is 2.20. The van der Waals surface area contributed by atoms with Gasteiger partial charge in [0.15, 0.2) is 11.6 Å². The molecule has 0 spiro atoms. The van der Waals surface area contributed by atoms with Crippen molar-refractivity contribution in [3.63, 3.8) is 0 Å². The minimum Gasteiger partial charge on any atom is -0.494 e. The second-order valence-electron chi connectivity index (χ2n) is 4.24. The molecular formula is C13H12FN3O2. The van der Waals surface area contributed by atoms with E-state index in [1.807, 2.05) is 0 Å². The van der Waals surface area contributed by atoms with Crippen molar-refractivity contribution in [2.45, 2.75) is 6.54 Å². The summed E-state index contributed by atoms with van der Waals surface area (Å²) in [6, 6.07) is 6.28. The molecule has 1 amide bonds. The van der Waals surface area contributed by atoms with Gasteiger partial charge in [-0.2, -0.15) is 5.10 Å². The number of rotatable bonds is 2. The molecule has 3 rings (SSSR count). The van der Waals surface area contributed by atoms with E-state index in [1.165, 1.54) is 13.2 Å². The summed E-state index contributed by atoms with van der Waals surface area (Å²) >= 11 is 0. The predicted molar refractivity (Wildman–Crippen MR) is 66.5 cm³/mol. The number of hydrogen-bond donors (Lipinski definition) is 1. The molecule has 6 heteroatoms. The Hall–Kier alpha value is -2.37. The average Bonchev–Trinajstić information content (AvgIpc) is 2.84. The van der Waals surface area contributed by atoms with Crippen molar-refractivity contribution in [2.24, 2.45) is 0 Å². The van der Waals surface area contributed by atoms with Gasteiger partial charge in [-0.3, -0.25) is 9.48 Å². The lowest BCUT2D eigenvalue weighted by Crippen LogP contribution is -2.35. The van der Waals surface area contributed by atoms with Crippen molar-refractivity contribution in [2.75, 3.05) is 13.7 Å². The summed E-state index contributed by atoms with van der Waals surface area (Å²) in [7, 11) is 1.41. The molecule has 2 aromatic rings. The third-order valence-electron chi connectivity index (χ3n) is 3.07. The van der Waals surface area contributed by atoms with Gasteiger partial charge in [0.25, 0.3) is 5.91 Å². The normalized spacial score (nSPS) is 13.9. The number of carbonyl (C=O) groups is 1. The van der Waals surface area contributed by atoms with Crippen LogP contribution in [0.25, 0.3) is 11.3 Å². The van der Waals surface area contributed by atoms with Crippen molar-refractivity contribution in [3.05, 3.63) is 35.8 Å². The Kier molecular flexibility index (Phi) is 2.70. The number of halogens is 1. The third kappa shape index (κ3) is 1.95. The van der Waals surface area contributed by atoms with Gasteiger partial charge in [-0.25, -0.2) is 4.39 Å². The fraction of sp³-hybridized carbons (Fsp3) is 0.231. The number of methoxy groups -OCH3 is 1. The van der Waals surface area contributed by atoms with Crippen LogP contribution in [0.15, 0.2) is 24.3 Å². The molecule has 0 unspecified atom stereocenters. The van der Waals surface area contributed by atoms with Crippen LogP contribution in [0.2, 0.25) is 0 Å². The topological polar surface area (TPSA) is 56.1 Å². The van der Waals surface area contributed by atoms with Crippen LogP contribution < -0.4 is 10.1 Å². The van der Waals surface area contributed by atoms with Gasteiger partial charge in [0, 0.05) is 12.1 Å². The predicted octanol–water partition coefficient (Wildman–Crippen LogP) is 1.44. The van der Waals surface area contributed by atoms with Crippen LogP contribution >= 0.6 is 0 Å². The van der Waals surface area contributed by atoms with Crippen molar-refractivity contribution < 1.29 is 13.9 Å². The number of benzene rings is 1. The first-order valence-corrected chi connectivity index (χ1v) is 5.89. The van der Waals surface area contributed by atoms with Crippen molar-refractivity contribution in [1.29, 1.82) is 0 Å². The molecule has 2 heterocycles. The van der Waals surface area contributed by atoms with Gasteiger partial charge in [0.1, 0.15) is 5.69 Å². The Morgan fingerprint density at radius 1 is 1.42 bits per heavy atom. The molecule has 0 bridgehead atoms. The fourth-order valence-electron chi connectivity index (χ4n) is 2.10. The third-order valence-corrected chi connectivity index (χ3v) is 3.07. The zero-order chi connectivity index (χ0) is 13.4. The SMILES string of the molecule is COc1ccc(-c2cc3n(n2)CCNC3=O)cc1F. The maximum atomic E-state index is 13.7. The zero-order valence-electron chi connectivity index (χ0n) is 10.3. The molecule has 0 atom stereocenters. The van der Waals surface area contributed by atoms with Crippen LogP contribution in [0.4, 0.5) is 4.39 Å². The van der Waals surface area contributed by atoms with Gasteiger partial charge >= 0.3 is 0 Å². The highest BCUT2D eigenvalue weighted by Crippen LogP contribution is 2.25.